The Hall–Kier alpha value is -1.85. The summed E-state index contributed by atoms with van der Waals surface area (Å²) in [5, 5.41) is 3.64. The predicted octanol–water partition coefficient (Wildman–Crippen LogP) is 3.44. The van der Waals surface area contributed by atoms with Gasteiger partial charge in [0.25, 0.3) is 0 Å². The number of rotatable bonds is 4. The number of hydrogen-bond donors (Lipinski definition) is 1. The molecule has 3 heterocycles. The number of aromatic nitrogens is 2. The lowest BCUT2D eigenvalue weighted by Crippen LogP contribution is -2.51. The van der Waals surface area contributed by atoms with Crippen LogP contribution in [0.1, 0.15) is 24.5 Å². The molecule has 1 saturated heterocycles. The standard InChI is InChI=1S/C20H26ClN5/c1-14-9-11-26(12-15-6-4-3-5-7-15)13-17(14)25(2)19-16-8-10-22-18(16)23-20(21)24-19/h3-7,14,17H,8-13H2,1-2H3,(H,22,23,24)/t14-,17+/m1/s1. The number of nitrogens with one attached hydrogen (secondary N) is 1. The van der Waals surface area contributed by atoms with Gasteiger partial charge in [-0.05, 0) is 42.5 Å². The molecular formula is C20H26ClN5. The minimum atomic E-state index is 0.324. The summed E-state index contributed by atoms with van der Waals surface area (Å²) in [6.07, 6.45) is 2.15. The first kappa shape index (κ1) is 17.6. The van der Waals surface area contributed by atoms with Gasteiger partial charge in [-0.15, -0.1) is 0 Å². The second-order valence-corrected chi connectivity index (χ2v) is 7.82. The van der Waals surface area contributed by atoms with Gasteiger partial charge < -0.3 is 10.2 Å². The second-order valence-electron chi connectivity index (χ2n) is 7.49. The Labute approximate surface area is 160 Å². The SMILES string of the molecule is C[C@@H]1CCN(Cc2ccccc2)C[C@@H]1N(C)c1nc(Cl)nc2c1CCN2. The van der Waals surface area contributed by atoms with Gasteiger partial charge in [-0.1, -0.05) is 37.3 Å². The molecule has 0 radical (unpaired) electrons. The number of hydrogen-bond acceptors (Lipinski definition) is 5. The number of likely N-dealkylation sites (N-methyl/N-ethyl adjacent to an activating group) is 1. The maximum atomic E-state index is 6.18. The Morgan fingerprint density at radius 2 is 2.08 bits per heavy atom. The van der Waals surface area contributed by atoms with Crippen molar-refractivity contribution >= 4 is 23.2 Å². The van der Waals surface area contributed by atoms with Gasteiger partial charge in [0.15, 0.2) is 0 Å². The number of nitrogens with zero attached hydrogens (tertiary/aromatic N) is 4. The highest BCUT2D eigenvalue weighted by Gasteiger charge is 2.32. The molecule has 2 aliphatic heterocycles. The highest BCUT2D eigenvalue weighted by Crippen LogP contribution is 2.33. The van der Waals surface area contributed by atoms with Gasteiger partial charge in [0.2, 0.25) is 5.28 Å². The normalized spacial score (nSPS) is 22.7. The van der Waals surface area contributed by atoms with Gasteiger partial charge in [0.05, 0.1) is 0 Å². The van der Waals surface area contributed by atoms with Gasteiger partial charge in [0.1, 0.15) is 11.6 Å². The molecule has 26 heavy (non-hydrogen) atoms. The van der Waals surface area contributed by atoms with E-state index in [4.69, 9.17) is 11.6 Å². The lowest BCUT2D eigenvalue weighted by molar-refractivity contribution is 0.159. The van der Waals surface area contributed by atoms with E-state index < -0.39 is 0 Å². The van der Waals surface area contributed by atoms with Crippen molar-refractivity contribution in [3.05, 3.63) is 46.7 Å². The third-order valence-electron chi connectivity index (χ3n) is 5.71. The van der Waals surface area contributed by atoms with E-state index in [1.54, 1.807) is 0 Å². The lowest BCUT2D eigenvalue weighted by atomic mass is 9.91. The third kappa shape index (κ3) is 3.51. The van der Waals surface area contributed by atoms with Crippen LogP contribution in [0.4, 0.5) is 11.6 Å². The molecule has 6 heteroatoms. The van der Waals surface area contributed by atoms with E-state index in [0.29, 0.717) is 17.2 Å². The van der Waals surface area contributed by atoms with Crippen LogP contribution in [0.15, 0.2) is 30.3 Å². The molecular weight excluding hydrogens is 346 g/mol. The van der Waals surface area contributed by atoms with Gasteiger partial charge in [-0.3, -0.25) is 4.90 Å². The number of fused-ring (bicyclic) bond motifs is 1. The first-order valence-electron chi connectivity index (χ1n) is 9.41. The summed E-state index contributed by atoms with van der Waals surface area (Å²) in [6.45, 7) is 6.44. The fourth-order valence-electron chi connectivity index (χ4n) is 4.18. The highest BCUT2D eigenvalue weighted by molar-refractivity contribution is 6.28. The smallest absolute Gasteiger partial charge is 0.226 e. The number of benzene rings is 1. The molecule has 1 fully saturated rings. The summed E-state index contributed by atoms with van der Waals surface area (Å²) >= 11 is 6.18. The zero-order valence-corrected chi connectivity index (χ0v) is 16.2. The van der Waals surface area contributed by atoms with Crippen molar-refractivity contribution in [3.8, 4) is 0 Å². The number of halogens is 1. The molecule has 0 bridgehead atoms. The van der Waals surface area contributed by atoms with E-state index in [2.05, 4.69) is 69.4 Å². The molecule has 0 saturated carbocycles. The largest absolute Gasteiger partial charge is 0.369 e. The molecule has 1 N–H and O–H groups in total. The molecule has 138 valence electrons. The van der Waals surface area contributed by atoms with Crippen LogP contribution in [0.5, 0.6) is 0 Å². The van der Waals surface area contributed by atoms with Crippen LogP contribution in [-0.4, -0.2) is 47.6 Å². The third-order valence-corrected chi connectivity index (χ3v) is 5.88. The van der Waals surface area contributed by atoms with Crippen molar-refractivity contribution in [3.63, 3.8) is 0 Å². The van der Waals surface area contributed by atoms with Crippen molar-refractivity contribution in [2.45, 2.75) is 32.4 Å². The molecule has 2 aliphatic rings. The molecule has 0 aliphatic carbocycles. The minimum Gasteiger partial charge on any atom is -0.369 e. The maximum Gasteiger partial charge on any atom is 0.226 e. The fourth-order valence-corrected chi connectivity index (χ4v) is 4.35. The van der Waals surface area contributed by atoms with E-state index in [0.717, 1.165) is 44.2 Å². The fraction of sp³-hybridized carbons (Fsp3) is 0.500. The molecule has 4 rings (SSSR count). The van der Waals surface area contributed by atoms with Crippen molar-refractivity contribution < 1.29 is 0 Å². The summed E-state index contributed by atoms with van der Waals surface area (Å²) in [5.74, 6) is 2.51. The monoisotopic (exact) mass is 371 g/mol. The molecule has 1 aromatic heterocycles. The zero-order valence-electron chi connectivity index (χ0n) is 15.5. The minimum absolute atomic E-state index is 0.324. The van der Waals surface area contributed by atoms with Crippen molar-refractivity contribution in [1.29, 1.82) is 0 Å². The van der Waals surface area contributed by atoms with Crippen LogP contribution in [0.3, 0.4) is 0 Å². The average molecular weight is 372 g/mol. The van der Waals surface area contributed by atoms with Crippen LogP contribution in [-0.2, 0) is 13.0 Å². The Morgan fingerprint density at radius 1 is 1.27 bits per heavy atom. The molecule has 5 nitrogen and oxygen atoms in total. The van der Waals surface area contributed by atoms with Gasteiger partial charge >= 0.3 is 0 Å². The molecule has 1 aromatic carbocycles. The Kier molecular flexibility index (Phi) is 5.00. The average Bonchev–Trinajstić information content (AvgIpc) is 3.11. The Balaban J connectivity index is 1.54. The van der Waals surface area contributed by atoms with Gasteiger partial charge in [0, 0.05) is 38.3 Å². The van der Waals surface area contributed by atoms with E-state index in [1.807, 2.05) is 0 Å². The van der Waals surface area contributed by atoms with E-state index in [-0.39, 0.29) is 0 Å². The van der Waals surface area contributed by atoms with Crippen LogP contribution in [0.25, 0.3) is 0 Å². The molecule has 0 amide bonds. The molecule has 0 spiro atoms. The summed E-state index contributed by atoms with van der Waals surface area (Å²) in [6, 6.07) is 11.1. The van der Waals surface area contributed by atoms with Crippen LogP contribution < -0.4 is 10.2 Å². The van der Waals surface area contributed by atoms with Gasteiger partial charge in [-0.25, -0.2) is 9.97 Å². The molecule has 0 unspecified atom stereocenters. The van der Waals surface area contributed by atoms with E-state index in [1.165, 1.54) is 17.5 Å². The summed E-state index contributed by atoms with van der Waals surface area (Å²) < 4.78 is 0. The van der Waals surface area contributed by atoms with Crippen LogP contribution in [0.2, 0.25) is 5.28 Å². The number of likely N-dealkylation sites (tertiary alicyclic amines) is 1. The van der Waals surface area contributed by atoms with Crippen molar-refractivity contribution in [2.75, 3.05) is 36.9 Å². The predicted molar refractivity (Wildman–Crippen MR) is 107 cm³/mol. The zero-order chi connectivity index (χ0) is 18.1. The quantitative estimate of drug-likeness (QED) is 0.834. The molecule has 2 atom stereocenters. The van der Waals surface area contributed by atoms with E-state index >= 15 is 0 Å². The Bertz CT molecular complexity index is 766. The maximum absolute atomic E-state index is 6.18. The highest BCUT2D eigenvalue weighted by atomic mass is 35.5. The van der Waals surface area contributed by atoms with Crippen molar-refractivity contribution in [1.82, 2.24) is 14.9 Å². The van der Waals surface area contributed by atoms with Crippen LogP contribution >= 0.6 is 11.6 Å². The first-order chi connectivity index (χ1) is 12.6. The topological polar surface area (TPSA) is 44.3 Å². The van der Waals surface area contributed by atoms with E-state index in [9.17, 15) is 0 Å². The summed E-state index contributed by atoms with van der Waals surface area (Å²) in [4.78, 5) is 13.8. The summed E-state index contributed by atoms with van der Waals surface area (Å²) in [5.41, 5.74) is 2.57. The molecule has 2 aromatic rings. The summed E-state index contributed by atoms with van der Waals surface area (Å²) in [7, 11) is 2.16. The Morgan fingerprint density at radius 3 is 2.88 bits per heavy atom. The number of anilines is 2. The number of piperidine rings is 1. The second kappa shape index (κ2) is 7.41. The van der Waals surface area contributed by atoms with Crippen LogP contribution in [0, 0.1) is 5.92 Å². The van der Waals surface area contributed by atoms with Crippen molar-refractivity contribution in [2.24, 2.45) is 5.92 Å². The lowest BCUT2D eigenvalue weighted by Gasteiger charge is -2.42. The van der Waals surface area contributed by atoms with Gasteiger partial charge in [-0.2, -0.15) is 0 Å². The first-order valence-corrected chi connectivity index (χ1v) is 9.79.